The molecule has 0 heterocycles. The zero-order valence-electron chi connectivity index (χ0n) is 9.82. The third-order valence-corrected chi connectivity index (χ3v) is 2.09. The maximum Gasteiger partial charge on any atom is 0.0962 e. The molecule has 0 radical (unpaired) electrons. The van der Waals surface area contributed by atoms with Crippen LogP contribution < -0.4 is 5.73 Å². The second kappa shape index (κ2) is 7.73. The van der Waals surface area contributed by atoms with Crippen LogP contribution in [0, 0.1) is 21.6 Å². The predicted octanol–water partition coefficient (Wildman–Crippen LogP) is 2.34. The fourth-order valence-corrected chi connectivity index (χ4v) is 1.40. The highest BCUT2D eigenvalue weighted by molar-refractivity contribution is 6.01. The highest BCUT2D eigenvalue weighted by Crippen LogP contribution is 2.05. The highest BCUT2D eigenvalue weighted by atomic mass is 14.7. The molecule has 0 amide bonds. The summed E-state index contributed by atoms with van der Waals surface area (Å²) in [6.45, 7) is 1.71. The van der Waals surface area contributed by atoms with E-state index >= 15 is 0 Å². The summed E-state index contributed by atoms with van der Waals surface area (Å²) in [5.41, 5.74) is 6.78. The molecule has 0 aromatic carbocycles. The van der Waals surface area contributed by atoms with E-state index in [4.69, 9.17) is 27.4 Å². The van der Waals surface area contributed by atoms with Crippen LogP contribution in [0.5, 0.6) is 0 Å². The lowest BCUT2D eigenvalue weighted by Gasteiger charge is -2.04. The van der Waals surface area contributed by atoms with Crippen LogP contribution in [0.3, 0.4) is 0 Å². The van der Waals surface area contributed by atoms with Crippen LogP contribution in [-0.4, -0.2) is 23.0 Å². The summed E-state index contributed by atoms with van der Waals surface area (Å²) in [5.74, 6) is 0.0390. The summed E-state index contributed by atoms with van der Waals surface area (Å²) in [6.07, 6.45) is 3.79. The van der Waals surface area contributed by atoms with Crippen LogP contribution in [0.1, 0.15) is 45.4 Å². The normalized spacial score (nSPS) is 9.81. The van der Waals surface area contributed by atoms with Crippen molar-refractivity contribution in [2.45, 2.75) is 45.4 Å². The van der Waals surface area contributed by atoms with Crippen molar-refractivity contribution in [3.63, 3.8) is 0 Å². The molecule has 0 atom stereocenters. The van der Waals surface area contributed by atoms with Gasteiger partial charge in [-0.15, -0.1) is 0 Å². The third-order valence-electron chi connectivity index (χ3n) is 2.09. The number of hydrogen-bond acceptors (Lipinski definition) is 4. The maximum absolute atomic E-state index is 7.57. The highest BCUT2D eigenvalue weighted by Gasteiger charge is 2.02. The molecule has 0 aromatic heterocycles. The Morgan fingerprint density at radius 1 is 0.875 bits per heavy atom. The lowest BCUT2D eigenvalue weighted by Crippen LogP contribution is -2.14. The van der Waals surface area contributed by atoms with Gasteiger partial charge in [-0.2, -0.15) is 0 Å². The average molecular weight is 223 g/mol. The van der Waals surface area contributed by atoms with Crippen LogP contribution in [-0.2, 0) is 0 Å². The van der Waals surface area contributed by atoms with Crippen molar-refractivity contribution in [1.82, 2.24) is 0 Å². The molecule has 0 aromatic rings. The minimum Gasteiger partial charge on any atom is -0.387 e. The topological polar surface area (TPSA) is 121 Å². The number of nitrogens with one attached hydrogen (secondary N) is 4. The molecular weight excluding hydrogens is 202 g/mol. The van der Waals surface area contributed by atoms with Gasteiger partial charge in [-0.3, -0.25) is 5.41 Å². The van der Waals surface area contributed by atoms with Crippen molar-refractivity contribution in [2.75, 3.05) is 0 Å². The van der Waals surface area contributed by atoms with E-state index in [1.54, 1.807) is 6.92 Å². The lowest BCUT2D eigenvalue weighted by molar-refractivity contribution is 0.783. The van der Waals surface area contributed by atoms with E-state index in [0.29, 0.717) is 36.4 Å². The number of rotatable bonds is 9. The molecule has 0 saturated heterocycles. The molecule has 0 unspecified atom stereocenters. The zero-order valence-corrected chi connectivity index (χ0v) is 9.82. The Morgan fingerprint density at radius 2 is 1.31 bits per heavy atom. The number of unbranched alkanes of at least 4 members (excludes halogenated alkanes) is 1. The molecule has 5 nitrogen and oxygen atoms in total. The zero-order chi connectivity index (χ0) is 12.6. The van der Waals surface area contributed by atoms with Gasteiger partial charge >= 0.3 is 0 Å². The quantitative estimate of drug-likeness (QED) is 0.230. The Kier molecular flexibility index (Phi) is 7.00. The van der Waals surface area contributed by atoms with Crippen molar-refractivity contribution in [1.29, 1.82) is 21.6 Å². The molecule has 16 heavy (non-hydrogen) atoms. The van der Waals surface area contributed by atoms with E-state index in [-0.39, 0.29) is 12.3 Å². The molecule has 90 valence electrons. The third kappa shape index (κ3) is 9.05. The van der Waals surface area contributed by atoms with Crippen molar-refractivity contribution in [3.05, 3.63) is 0 Å². The lowest BCUT2D eigenvalue weighted by atomic mass is 10.0. The van der Waals surface area contributed by atoms with Gasteiger partial charge in [-0.25, -0.2) is 0 Å². The van der Waals surface area contributed by atoms with Gasteiger partial charge in [0, 0.05) is 30.0 Å². The molecule has 0 bridgehead atoms. The first-order valence-corrected chi connectivity index (χ1v) is 5.41. The predicted molar refractivity (Wildman–Crippen MR) is 68.5 cm³/mol. The van der Waals surface area contributed by atoms with Crippen molar-refractivity contribution in [3.8, 4) is 0 Å². The van der Waals surface area contributed by atoms with Crippen molar-refractivity contribution in [2.24, 2.45) is 5.73 Å². The Morgan fingerprint density at radius 3 is 1.69 bits per heavy atom. The first-order chi connectivity index (χ1) is 7.41. The molecule has 0 aliphatic carbocycles. The Labute approximate surface area is 96.5 Å². The summed E-state index contributed by atoms with van der Waals surface area (Å²) < 4.78 is 0. The average Bonchev–Trinajstić information content (AvgIpc) is 2.10. The summed E-state index contributed by atoms with van der Waals surface area (Å²) in [4.78, 5) is 0. The molecule has 0 saturated carbocycles. The Balaban J connectivity index is 3.53. The van der Waals surface area contributed by atoms with E-state index < -0.39 is 0 Å². The summed E-state index contributed by atoms with van der Waals surface area (Å²) >= 11 is 0. The number of nitrogens with two attached hydrogens (primary N) is 1. The molecule has 0 aliphatic rings. The van der Waals surface area contributed by atoms with Gasteiger partial charge in [-0.05, 0) is 32.6 Å². The monoisotopic (exact) mass is 223 g/mol. The van der Waals surface area contributed by atoms with Gasteiger partial charge in [-0.1, -0.05) is 0 Å². The molecule has 0 spiro atoms. The molecule has 0 aliphatic heterocycles. The fourth-order valence-electron chi connectivity index (χ4n) is 1.40. The van der Waals surface area contributed by atoms with Crippen LogP contribution in [0.2, 0.25) is 0 Å². The smallest absolute Gasteiger partial charge is 0.0962 e. The SMILES string of the molecule is CC(=N)CC(=N)CCCCC(=N)CC(=N)N. The Bertz CT molecular complexity index is 263. The summed E-state index contributed by atoms with van der Waals surface area (Å²) in [5, 5.41) is 29.3. The molecule has 5 heteroatoms. The standard InChI is InChI=1S/C11H21N5/c1-8(12)6-9(13)4-2-3-5-10(14)7-11(15)16/h12-14H,2-7H2,1H3,(H3,15,16). The molecule has 6 N–H and O–H groups in total. The first kappa shape index (κ1) is 14.5. The van der Waals surface area contributed by atoms with Crippen molar-refractivity contribution >= 4 is 23.0 Å². The minimum atomic E-state index is 0.0390. The summed E-state index contributed by atoms with van der Waals surface area (Å²) in [7, 11) is 0. The Hall–Kier alpha value is -1.52. The second-order valence-corrected chi connectivity index (χ2v) is 4.07. The van der Waals surface area contributed by atoms with Gasteiger partial charge in [0.25, 0.3) is 0 Å². The minimum absolute atomic E-state index is 0.0390. The molecular formula is C11H21N5. The van der Waals surface area contributed by atoms with Gasteiger partial charge in [0.05, 0.1) is 5.84 Å². The van der Waals surface area contributed by atoms with Gasteiger partial charge in [0.2, 0.25) is 0 Å². The van der Waals surface area contributed by atoms with E-state index in [0.717, 1.165) is 12.8 Å². The van der Waals surface area contributed by atoms with E-state index in [1.165, 1.54) is 0 Å². The molecule has 0 fully saturated rings. The van der Waals surface area contributed by atoms with E-state index in [9.17, 15) is 0 Å². The first-order valence-electron chi connectivity index (χ1n) is 5.41. The van der Waals surface area contributed by atoms with Gasteiger partial charge in [0.15, 0.2) is 0 Å². The van der Waals surface area contributed by atoms with Crippen LogP contribution >= 0.6 is 0 Å². The van der Waals surface area contributed by atoms with Crippen LogP contribution in [0.25, 0.3) is 0 Å². The summed E-state index contributed by atoms with van der Waals surface area (Å²) in [6, 6.07) is 0. The van der Waals surface area contributed by atoms with Gasteiger partial charge in [0.1, 0.15) is 0 Å². The molecule has 0 rings (SSSR count). The maximum atomic E-state index is 7.57. The number of amidine groups is 1. The second-order valence-electron chi connectivity index (χ2n) is 4.07. The van der Waals surface area contributed by atoms with E-state index in [2.05, 4.69) is 0 Å². The van der Waals surface area contributed by atoms with E-state index in [1.807, 2.05) is 0 Å². The van der Waals surface area contributed by atoms with Gasteiger partial charge < -0.3 is 22.0 Å². The van der Waals surface area contributed by atoms with Crippen molar-refractivity contribution < 1.29 is 0 Å². The fraction of sp³-hybridized carbons (Fsp3) is 0.636. The van der Waals surface area contributed by atoms with Crippen LogP contribution in [0.4, 0.5) is 0 Å². The largest absolute Gasteiger partial charge is 0.387 e. The number of hydrogen-bond donors (Lipinski definition) is 5. The van der Waals surface area contributed by atoms with Crippen LogP contribution in [0.15, 0.2) is 0 Å².